The Labute approximate surface area is 99.3 Å². The molecule has 1 rings (SSSR count). The van der Waals surface area contributed by atoms with Crippen LogP contribution in [0.5, 0.6) is 0 Å². The smallest absolute Gasteiger partial charge is 0.148 e. The van der Waals surface area contributed by atoms with Crippen molar-refractivity contribution >= 4 is 9.84 Å². The first kappa shape index (κ1) is 13.9. The summed E-state index contributed by atoms with van der Waals surface area (Å²) in [6, 6.07) is 0.747. The molecule has 1 atom stereocenters. The van der Waals surface area contributed by atoms with Gasteiger partial charge in [0.05, 0.1) is 5.75 Å². The highest BCUT2D eigenvalue weighted by atomic mass is 32.2. The lowest BCUT2D eigenvalue weighted by molar-refractivity contribution is 0.249. The van der Waals surface area contributed by atoms with Crippen LogP contribution in [0.25, 0.3) is 0 Å². The maximum absolute atomic E-state index is 10.9. The van der Waals surface area contributed by atoms with Crippen LogP contribution >= 0.6 is 0 Å². The van der Waals surface area contributed by atoms with E-state index in [0.29, 0.717) is 6.54 Å². The van der Waals surface area contributed by atoms with Crippen LogP contribution in [0, 0.1) is 0 Å². The fraction of sp³-hybridized carbons (Fsp3) is 1.00. The van der Waals surface area contributed by atoms with Gasteiger partial charge in [-0.05, 0) is 25.8 Å². The van der Waals surface area contributed by atoms with Gasteiger partial charge in [0, 0.05) is 31.9 Å². The Kier molecular flexibility index (Phi) is 5.72. The summed E-state index contributed by atoms with van der Waals surface area (Å²) in [6.07, 6.45) is 5.13. The molecule has 96 valence electrons. The molecular weight excluding hydrogens is 224 g/mol. The van der Waals surface area contributed by atoms with E-state index in [1.54, 1.807) is 0 Å². The lowest BCUT2D eigenvalue weighted by Gasteiger charge is -2.23. The molecule has 5 heteroatoms. The molecule has 0 amide bonds. The molecule has 4 nitrogen and oxygen atoms in total. The molecule has 1 N–H and O–H groups in total. The molecule has 0 aromatic rings. The standard InChI is InChI=1S/C11H24N2O2S/c1-3-11-5-4-8-13(11)9-6-12-7-10-16(2,14)15/h11-12H,3-10H2,1-2H3. The van der Waals surface area contributed by atoms with E-state index in [9.17, 15) is 8.42 Å². The molecule has 0 saturated carbocycles. The monoisotopic (exact) mass is 248 g/mol. The van der Waals surface area contributed by atoms with E-state index in [1.165, 1.54) is 32.1 Å². The number of nitrogens with zero attached hydrogens (tertiary/aromatic N) is 1. The minimum absolute atomic E-state index is 0.240. The van der Waals surface area contributed by atoms with Gasteiger partial charge < -0.3 is 5.32 Å². The summed E-state index contributed by atoms with van der Waals surface area (Å²) in [5.74, 6) is 0.240. The molecule has 1 fully saturated rings. The predicted molar refractivity (Wildman–Crippen MR) is 67.5 cm³/mol. The lowest BCUT2D eigenvalue weighted by atomic mass is 10.2. The maximum Gasteiger partial charge on any atom is 0.148 e. The van der Waals surface area contributed by atoms with Gasteiger partial charge in [-0.15, -0.1) is 0 Å². The number of hydrogen-bond acceptors (Lipinski definition) is 4. The number of likely N-dealkylation sites (tertiary alicyclic amines) is 1. The Morgan fingerprint density at radius 2 is 2.12 bits per heavy atom. The molecule has 0 bridgehead atoms. The zero-order chi connectivity index (χ0) is 12.0. The van der Waals surface area contributed by atoms with E-state index in [0.717, 1.165) is 19.1 Å². The number of nitrogens with one attached hydrogen (secondary N) is 1. The van der Waals surface area contributed by atoms with Gasteiger partial charge >= 0.3 is 0 Å². The van der Waals surface area contributed by atoms with Crippen LogP contribution in [-0.2, 0) is 9.84 Å². The van der Waals surface area contributed by atoms with Crippen molar-refractivity contribution < 1.29 is 8.42 Å². The van der Waals surface area contributed by atoms with E-state index in [1.807, 2.05) is 0 Å². The number of sulfone groups is 1. The van der Waals surface area contributed by atoms with Crippen LogP contribution in [0.15, 0.2) is 0 Å². The largest absolute Gasteiger partial charge is 0.314 e. The van der Waals surface area contributed by atoms with Gasteiger partial charge in [-0.2, -0.15) is 0 Å². The Hall–Kier alpha value is -0.130. The highest BCUT2D eigenvalue weighted by Crippen LogP contribution is 2.18. The second kappa shape index (κ2) is 6.57. The Bertz CT molecular complexity index is 290. The normalized spacial score (nSPS) is 22.8. The van der Waals surface area contributed by atoms with Crippen molar-refractivity contribution in [1.82, 2.24) is 10.2 Å². The van der Waals surface area contributed by atoms with Crippen LogP contribution in [0.3, 0.4) is 0 Å². The zero-order valence-electron chi connectivity index (χ0n) is 10.4. The zero-order valence-corrected chi connectivity index (χ0v) is 11.2. The van der Waals surface area contributed by atoms with E-state index in [2.05, 4.69) is 17.1 Å². The van der Waals surface area contributed by atoms with Gasteiger partial charge in [-0.3, -0.25) is 4.90 Å². The molecule has 0 aromatic heterocycles. The molecule has 0 aromatic carbocycles. The SMILES string of the molecule is CCC1CCCN1CCNCCS(C)(=O)=O. The Morgan fingerprint density at radius 1 is 1.38 bits per heavy atom. The topological polar surface area (TPSA) is 49.4 Å². The molecule has 1 saturated heterocycles. The van der Waals surface area contributed by atoms with Gasteiger partial charge in [-0.25, -0.2) is 8.42 Å². The van der Waals surface area contributed by atoms with Crippen molar-refractivity contribution in [3.63, 3.8) is 0 Å². The number of hydrogen-bond donors (Lipinski definition) is 1. The average molecular weight is 248 g/mol. The van der Waals surface area contributed by atoms with Crippen LogP contribution in [0.4, 0.5) is 0 Å². The second-order valence-electron chi connectivity index (χ2n) is 4.62. The van der Waals surface area contributed by atoms with Crippen molar-refractivity contribution in [2.75, 3.05) is 38.2 Å². The van der Waals surface area contributed by atoms with Gasteiger partial charge in [0.15, 0.2) is 0 Å². The van der Waals surface area contributed by atoms with Gasteiger partial charge in [0.1, 0.15) is 9.84 Å². The quantitative estimate of drug-likeness (QED) is 0.666. The van der Waals surface area contributed by atoms with Crippen molar-refractivity contribution in [2.24, 2.45) is 0 Å². The van der Waals surface area contributed by atoms with E-state index < -0.39 is 9.84 Å². The first-order valence-corrected chi connectivity index (χ1v) is 8.21. The second-order valence-corrected chi connectivity index (χ2v) is 6.88. The van der Waals surface area contributed by atoms with Crippen LogP contribution < -0.4 is 5.32 Å². The number of rotatable bonds is 7. The average Bonchev–Trinajstić information content (AvgIpc) is 2.63. The fourth-order valence-electron chi connectivity index (χ4n) is 2.26. The van der Waals surface area contributed by atoms with Crippen molar-refractivity contribution in [1.29, 1.82) is 0 Å². The minimum atomic E-state index is -2.82. The summed E-state index contributed by atoms with van der Waals surface area (Å²) >= 11 is 0. The summed E-state index contributed by atoms with van der Waals surface area (Å²) < 4.78 is 21.8. The summed E-state index contributed by atoms with van der Waals surface area (Å²) in [6.45, 7) is 5.95. The van der Waals surface area contributed by atoms with E-state index in [4.69, 9.17) is 0 Å². The summed E-state index contributed by atoms with van der Waals surface area (Å²) in [5, 5.41) is 3.19. The fourth-order valence-corrected chi connectivity index (χ4v) is 2.77. The summed E-state index contributed by atoms with van der Waals surface area (Å²) in [5.41, 5.74) is 0. The first-order valence-electron chi connectivity index (χ1n) is 6.15. The molecule has 0 aliphatic carbocycles. The molecule has 16 heavy (non-hydrogen) atoms. The highest BCUT2D eigenvalue weighted by molar-refractivity contribution is 7.90. The van der Waals surface area contributed by atoms with E-state index >= 15 is 0 Å². The molecule has 1 heterocycles. The van der Waals surface area contributed by atoms with Gasteiger partial charge in [0.2, 0.25) is 0 Å². The molecule has 1 aliphatic heterocycles. The predicted octanol–water partition coefficient (Wildman–Crippen LogP) is 0.495. The van der Waals surface area contributed by atoms with Crippen LogP contribution in [0.2, 0.25) is 0 Å². The third kappa shape index (κ3) is 5.27. The third-order valence-corrected chi connectivity index (χ3v) is 4.14. The Balaban J connectivity index is 2.07. The molecular formula is C11H24N2O2S. The minimum Gasteiger partial charge on any atom is -0.314 e. The van der Waals surface area contributed by atoms with Gasteiger partial charge in [-0.1, -0.05) is 6.92 Å². The highest BCUT2D eigenvalue weighted by Gasteiger charge is 2.21. The molecule has 0 spiro atoms. The van der Waals surface area contributed by atoms with Crippen LogP contribution in [0.1, 0.15) is 26.2 Å². The Morgan fingerprint density at radius 3 is 2.75 bits per heavy atom. The lowest BCUT2D eigenvalue weighted by Crippen LogP contribution is -2.36. The van der Waals surface area contributed by atoms with E-state index in [-0.39, 0.29) is 5.75 Å². The molecule has 1 aliphatic rings. The van der Waals surface area contributed by atoms with Crippen molar-refractivity contribution in [3.05, 3.63) is 0 Å². The first-order chi connectivity index (χ1) is 7.53. The van der Waals surface area contributed by atoms with Crippen LogP contribution in [-0.4, -0.2) is 57.5 Å². The third-order valence-electron chi connectivity index (χ3n) is 3.20. The van der Waals surface area contributed by atoms with Crippen molar-refractivity contribution in [3.8, 4) is 0 Å². The van der Waals surface area contributed by atoms with Gasteiger partial charge in [0.25, 0.3) is 0 Å². The molecule has 1 unspecified atom stereocenters. The molecule has 0 radical (unpaired) electrons. The van der Waals surface area contributed by atoms with Crippen molar-refractivity contribution in [2.45, 2.75) is 32.2 Å². The summed E-state index contributed by atoms with van der Waals surface area (Å²) in [4.78, 5) is 2.51. The summed E-state index contributed by atoms with van der Waals surface area (Å²) in [7, 11) is -2.82. The maximum atomic E-state index is 10.9.